The van der Waals surface area contributed by atoms with Crippen LogP contribution in [0.2, 0.25) is 0 Å². The number of fused-ring (bicyclic) bond motifs is 1. The van der Waals surface area contributed by atoms with Crippen molar-refractivity contribution in [3.63, 3.8) is 0 Å². The lowest BCUT2D eigenvalue weighted by Gasteiger charge is -2.36. The van der Waals surface area contributed by atoms with Crippen LogP contribution in [0.15, 0.2) is 42.5 Å². The quantitative estimate of drug-likeness (QED) is 0.382. The fraction of sp³-hybridized carbons (Fsp3) is 0.300. The summed E-state index contributed by atoms with van der Waals surface area (Å²) in [5.74, 6) is -1.85. The molecule has 2 heterocycles. The molecule has 1 atom stereocenters. The molecule has 206 valence electrons. The zero-order valence-electron chi connectivity index (χ0n) is 21.9. The summed E-state index contributed by atoms with van der Waals surface area (Å²) in [4.78, 5) is 14.9. The highest BCUT2D eigenvalue weighted by Gasteiger charge is 2.36. The number of rotatable bonds is 5. The van der Waals surface area contributed by atoms with Gasteiger partial charge in [0.1, 0.15) is 34.6 Å². The van der Waals surface area contributed by atoms with Gasteiger partial charge in [0, 0.05) is 30.3 Å². The summed E-state index contributed by atoms with van der Waals surface area (Å²) in [6, 6.07) is 13.7. The lowest BCUT2D eigenvalue weighted by Crippen LogP contribution is -2.41. The minimum atomic E-state index is -0.975. The van der Waals surface area contributed by atoms with E-state index in [0.29, 0.717) is 54.6 Å². The number of carbonyl (C=O) groups is 1. The summed E-state index contributed by atoms with van der Waals surface area (Å²) in [5, 5.41) is 38.1. The van der Waals surface area contributed by atoms with Crippen LogP contribution in [-0.2, 0) is 6.54 Å². The molecule has 1 amide bonds. The second-order valence-electron chi connectivity index (χ2n) is 10.8. The largest absolute Gasteiger partial charge is 0.388 e. The van der Waals surface area contributed by atoms with E-state index in [0.717, 1.165) is 12.5 Å². The third-order valence-electron chi connectivity index (χ3n) is 8.04. The number of carbonyl (C=O) groups excluding carboxylic acids is 1. The first-order valence-corrected chi connectivity index (χ1v) is 13.3. The van der Waals surface area contributed by atoms with E-state index in [9.17, 15) is 24.8 Å². The molecule has 1 aromatic heterocycles. The van der Waals surface area contributed by atoms with Crippen LogP contribution in [0.3, 0.4) is 0 Å². The van der Waals surface area contributed by atoms with Gasteiger partial charge in [-0.15, -0.1) is 5.10 Å². The zero-order chi connectivity index (χ0) is 28.9. The number of hydrogen-bond acceptors (Lipinski definition) is 7. The Morgan fingerprint density at radius 3 is 2.54 bits per heavy atom. The van der Waals surface area contributed by atoms with Crippen molar-refractivity contribution in [2.24, 2.45) is 5.73 Å². The van der Waals surface area contributed by atoms with E-state index >= 15 is 4.39 Å². The first kappa shape index (κ1) is 26.5. The van der Waals surface area contributed by atoms with Crippen LogP contribution in [0.5, 0.6) is 0 Å². The Bertz CT molecular complexity index is 1800. The maximum absolute atomic E-state index is 16.2. The lowest BCUT2D eigenvalue weighted by atomic mass is 9.80. The van der Waals surface area contributed by atoms with Gasteiger partial charge in [0.25, 0.3) is 5.91 Å². The molecule has 3 aromatic carbocycles. The fourth-order valence-electron chi connectivity index (χ4n) is 5.63. The third-order valence-corrected chi connectivity index (χ3v) is 8.04. The van der Waals surface area contributed by atoms with Gasteiger partial charge < -0.3 is 15.7 Å². The number of amides is 1. The van der Waals surface area contributed by atoms with Crippen molar-refractivity contribution in [1.82, 2.24) is 19.9 Å². The Morgan fingerprint density at radius 1 is 1.10 bits per heavy atom. The van der Waals surface area contributed by atoms with Crippen LogP contribution in [0.25, 0.3) is 33.3 Å². The van der Waals surface area contributed by atoms with Gasteiger partial charge in [0.2, 0.25) is 0 Å². The van der Waals surface area contributed by atoms with E-state index in [2.05, 4.69) is 10.3 Å². The molecule has 1 aliphatic heterocycles. The highest BCUT2D eigenvalue weighted by molar-refractivity contribution is 5.99. The molecular weight excluding hydrogens is 528 g/mol. The van der Waals surface area contributed by atoms with Crippen molar-refractivity contribution in [2.45, 2.75) is 43.9 Å². The van der Waals surface area contributed by atoms with E-state index in [-0.39, 0.29) is 46.2 Å². The van der Waals surface area contributed by atoms with Gasteiger partial charge in [0.05, 0.1) is 17.7 Å². The van der Waals surface area contributed by atoms with Crippen LogP contribution in [0.4, 0.5) is 8.78 Å². The summed E-state index contributed by atoms with van der Waals surface area (Å²) < 4.78 is 32.2. The Hall–Kier alpha value is -4.71. The third kappa shape index (κ3) is 4.59. The van der Waals surface area contributed by atoms with E-state index in [1.165, 1.54) is 22.9 Å². The predicted octanol–water partition coefficient (Wildman–Crippen LogP) is 3.88. The van der Waals surface area contributed by atoms with Crippen molar-refractivity contribution in [1.29, 1.82) is 10.5 Å². The van der Waals surface area contributed by atoms with E-state index in [4.69, 9.17) is 5.73 Å². The van der Waals surface area contributed by atoms with Crippen LogP contribution >= 0.6 is 0 Å². The van der Waals surface area contributed by atoms with Gasteiger partial charge in [0.15, 0.2) is 5.82 Å². The normalized spacial score (nSPS) is 17.7. The number of halogens is 2. The maximum atomic E-state index is 16.2. The van der Waals surface area contributed by atoms with Crippen molar-refractivity contribution >= 4 is 16.9 Å². The SMILES string of the molecule is N#Cc1ccc(-c2cc(C(=O)N3CCC(N)C3)ccc2-c2cc3nnn(CC4(O)CCC4)c3c(C#N)c2F)cc1F. The van der Waals surface area contributed by atoms with Crippen LogP contribution < -0.4 is 5.73 Å². The summed E-state index contributed by atoms with van der Waals surface area (Å²) in [6.07, 6.45) is 2.71. The molecule has 1 unspecified atom stereocenters. The van der Waals surface area contributed by atoms with Gasteiger partial charge in [-0.2, -0.15) is 10.5 Å². The lowest BCUT2D eigenvalue weighted by molar-refractivity contribution is -0.0492. The van der Waals surface area contributed by atoms with Gasteiger partial charge in [-0.25, -0.2) is 13.5 Å². The minimum absolute atomic E-state index is 0.0189. The van der Waals surface area contributed by atoms with Crippen LogP contribution in [-0.4, -0.2) is 55.6 Å². The molecule has 6 rings (SSSR count). The molecule has 3 N–H and O–H groups in total. The maximum Gasteiger partial charge on any atom is 0.253 e. The predicted molar refractivity (Wildman–Crippen MR) is 145 cm³/mol. The number of hydrogen-bond donors (Lipinski definition) is 2. The second-order valence-corrected chi connectivity index (χ2v) is 10.8. The average Bonchev–Trinajstić information content (AvgIpc) is 3.57. The first-order chi connectivity index (χ1) is 19.7. The number of nitrogens with zero attached hydrogens (tertiary/aromatic N) is 6. The van der Waals surface area contributed by atoms with Crippen molar-refractivity contribution in [2.75, 3.05) is 13.1 Å². The van der Waals surface area contributed by atoms with Crippen molar-refractivity contribution < 1.29 is 18.7 Å². The monoisotopic (exact) mass is 553 g/mol. The topological polar surface area (TPSA) is 145 Å². The average molecular weight is 554 g/mol. The molecule has 1 aliphatic carbocycles. The number of nitrogens with two attached hydrogens (primary N) is 1. The molecule has 1 saturated carbocycles. The molecule has 11 heteroatoms. The van der Waals surface area contributed by atoms with Crippen LogP contribution in [0, 0.1) is 34.3 Å². The molecule has 1 saturated heterocycles. The molecule has 41 heavy (non-hydrogen) atoms. The molecular formula is C30H25F2N7O2. The van der Waals surface area contributed by atoms with Gasteiger partial charge >= 0.3 is 0 Å². The highest BCUT2D eigenvalue weighted by Crippen LogP contribution is 2.39. The molecule has 0 spiro atoms. The highest BCUT2D eigenvalue weighted by atomic mass is 19.1. The molecule has 2 aliphatic rings. The fourth-order valence-corrected chi connectivity index (χ4v) is 5.63. The second kappa shape index (κ2) is 10.0. The summed E-state index contributed by atoms with van der Waals surface area (Å²) in [6.45, 7) is 0.997. The number of aromatic nitrogens is 3. The van der Waals surface area contributed by atoms with E-state index in [1.807, 2.05) is 6.07 Å². The van der Waals surface area contributed by atoms with Crippen LogP contribution in [0.1, 0.15) is 47.2 Å². The van der Waals surface area contributed by atoms with E-state index in [1.54, 1.807) is 29.2 Å². The Morgan fingerprint density at radius 2 is 1.90 bits per heavy atom. The number of nitriles is 2. The first-order valence-electron chi connectivity index (χ1n) is 13.3. The van der Waals surface area contributed by atoms with Gasteiger partial charge in [-0.1, -0.05) is 17.3 Å². The summed E-state index contributed by atoms with van der Waals surface area (Å²) >= 11 is 0. The molecule has 0 radical (unpaired) electrons. The molecule has 2 fully saturated rings. The number of benzene rings is 3. The summed E-state index contributed by atoms with van der Waals surface area (Å²) in [5.41, 5.74) is 6.28. The van der Waals surface area contributed by atoms with Gasteiger partial charge in [-0.3, -0.25) is 4.79 Å². The summed E-state index contributed by atoms with van der Waals surface area (Å²) in [7, 11) is 0. The molecule has 9 nitrogen and oxygen atoms in total. The zero-order valence-corrected chi connectivity index (χ0v) is 21.9. The Labute approximate surface area is 234 Å². The molecule has 0 bridgehead atoms. The molecule has 4 aromatic rings. The minimum Gasteiger partial charge on any atom is -0.388 e. The smallest absolute Gasteiger partial charge is 0.253 e. The van der Waals surface area contributed by atoms with E-state index < -0.39 is 17.2 Å². The Kier molecular flexibility index (Phi) is 6.49. The van der Waals surface area contributed by atoms with Crippen molar-refractivity contribution in [3.8, 4) is 34.4 Å². The standard InChI is InChI=1S/C30H25F2N7O2/c31-25-11-17(2-3-19(25)13-33)22-10-18(29(40)38-9-6-20(35)15-38)4-5-21(22)23-12-26-28(24(14-34)27(23)32)39(37-36-26)16-30(41)7-1-8-30/h2-5,10-12,20,41H,1,6-9,15-16,35H2. The number of aliphatic hydroxyl groups is 1. The Balaban J connectivity index is 1.52. The van der Waals surface area contributed by atoms with Crippen molar-refractivity contribution in [3.05, 3.63) is 70.8 Å². The van der Waals surface area contributed by atoms with Gasteiger partial charge in [-0.05, 0) is 72.7 Å². The number of likely N-dealkylation sites (tertiary alicyclic amines) is 1.